The van der Waals surface area contributed by atoms with Crippen LogP contribution in [0.5, 0.6) is 0 Å². The Balaban J connectivity index is 1.34. The molecule has 1 amide bonds. The minimum absolute atomic E-state index is 0.240. The van der Waals surface area contributed by atoms with Crippen molar-refractivity contribution in [3.63, 3.8) is 0 Å². The molecule has 3 aliphatic rings. The van der Waals surface area contributed by atoms with Gasteiger partial charge in [0.15, 0.2) is 18.9 Å². The zero-order valence-corrected chi connectivity index (χ0v) is 66.6. The summed E-state index contributed by atoms with van der Waals surface area (Å²) in [7, 11) is 0. The molecule has 3 fully saturated rings. The van der Waals surface area contributed by atoms with Crippen LogP contribution in [-0.4, -0.2) is 193 Å². The monoisotopic (exact) mass is 1510 g/mol. The van der Waals surface area contributed by atoms with Crippen molar-refractivity contribution in [3.8, 4) is 0 Å². The topological polar surface area (TPSA) is 307 Å². The van der Waals surface area contributed by atoms with Gasteiger partial charge in [0.1, 0.15) is 73.2 Å². The van der Waals surface area contributed by atoms with E-state index in [9.17, 15) is 61.0 Å². The Morgan fingerprint density at radius 2 is 0.645 bits per heavy atom. The van der Waals surface area contributed by atoms with Crippen LogP contribution in [0.3, 0.4) is 0 Å². The third kappa shape index (κ3) is 46.5. The van der Waals surface area contributed by atoms with Crippen molar-refractivity contribution in [2.24, 2.45) is 0 Å². The predicted octanol–water partition coefficient (Wildman–Crippen LogP) is 15.5. The van der Waals surface area contributed by atoms with E-state index in [1.54, 1.807) is 6.08 Å². The van der Waals surface area contributed by atoms with E-state index in [-0.39, 0.29) is 18.9 Å². The van der Waals surface area contributed by atoms with Gasteiger partial charge in [-0.15, -0.1) is 0 Å². The minimum atomic E-state index is -1.98. The van der Waals surface area contributed by atoms with Gasteiger partial charge in [-0.2, -0.15) is 0 Å². The van der Waals surface area contributed by atoms with E-state index < -0.39 is 124 Å². The molecule has 0 aromatic heterocycles. The lowest BCUT2D eigenvalue weighted by atomic mass is 9.96. The molecule has 0 aliphatic carbocycles. The van der Waals surface area contributed by atoms with Crippen LogP contribution in [0.1, 0.15) is 322 Å². The van der Waals surface area contributed by atoms with Gasteiger partial charge in [0.2, 0.25) is 5.91 Å². The lowest BCUT2D eigenvalue weighted by Gasteiger charge is -2.48. The average Bonchev–Trinajstić information content (AvgIpc) is 0.781. The van der Waals surface area contributed by atoms with Crippen molar-refractivity contribution in [1.29, 1.82) is 0 Å². The van der Waals surface area contributed by atoms with Gasteiger partial charge in [-0.25, -0.2) is 0 Å². The van der Waals surface area contributed by atoms with Crippen molar-refractivity contribution < 1.29 is 89.4 Å². The molecule has 17 atom stereocenters. The molecule has 3 saturated heterocycles. The maximum absolute atomic E-state index is 13.5. The van der Waals surface area contributed by atoms with E-state index in [1.807, 2.05) is 6.08 Å². The number of carbonyl (C=O) groups excluding carboxylic acids is 1. The summed E-state index contributed by atoms with van der Waals surface area (Å²) in [4.78, 5) is 13.5. The Hall–Kier alpha value is -3.29. The quantitative estimate of drug-likeness (QED) is 0.0199. The van der Waals surface area contributed by atoms with Crippen molar-refractivity contribution in [2.45, 2.75) is 426 Å². The Bertz CT molecular complexity index is 2310. The molecule has 12 N–H and O–H groups in total. The number of unbranched alkanes of at least 4 members (excludes halogenated alkanes) is 38. The summed E-state index contributed by atoms with van der Waals surface area (Å²) >= 11 is 0. The lowest BCUT2D eigenvalue weighted by Crippen LogP contribution is -2.66. The molecule has 0 aromatic rings. The fourth-order valence-electron chi connectivity index (χ4n) is 14.1. The molecule has 107 heavy (non-hydrogen) atoms. The van der Waals surface area contributed by atoms with Crippen LogP contribution in [-0.2, 0) is 33.2 Å². The molecule has 0 bridgehead atoms. The Morgan fingerprint density at radius 1 is 0.346 bits per heavy atom. The van der Waals surface area contributed by atoms with Crippen molar-refractivity contribution in [3.05, 3.63) is 97.2 Å². The zero-order chi connectivity index (χ0) is 77.4. The molecule has 0 aromatic carbocycles. The first-order chi connectivity index (χ1) is 52.3. The van der Waals surface area contributed by atoms with Crippen molar-refractivity contribution >= 4 is 5.91 Å². The number of rotatable bonds is 68. The first-order valence-electron chi connectivity index (χ1n) is 43.0. The summed E-state index contributed by atoms with van der Waals surface area (Å²) in [6.07, 6.45) is 65.3. The van der Waals surface area contributed by atoms with E-state index in [1.165, 1.54) is 199 Å². The molecular weight excluding hydrogens is 1360 g/mol. The largest absolute Gasteiger partial charge is 0.394 e. The molecule has 0 saturated carbocycles. The van der Waals surface area contributed by atoms with Gasteiger partial charge in [0.25, 0.3) is 0 Å². The molecule has 19 nitrogen and oxygen atoms in total. The highest BCUT2D eigenvalue weighted by Crippen LogP contribution is 2.33. The second-order valence-corrected chi connectivity index (χ2v) is 30.3. The minimum Gasteiger partial charge on any atom is -0.394 e. The average molecular weight is 1520 g/mol. The maximum atomic E-state index is 13.5. The van der Waals surface area contributed by atoms with Gasteiger partial charge in [0.05, 0.1) is 38.6 Å². The normalized spacial score (nSPS) is 26.0. The number of allylic oxidation sites excluding steroid dienone is 15. The standard InChI is InChI=1S/C88H155NO18/c1-3-5-7-9-11-13-15-17-19-21-23-25-27-29-30-31-32-33-34-35-36-37-38-39-40-42-44-46-48-50-52-54-56-58-60-62-64-66-76(94)89-71(72(93)65-63-61-59-57-55-53-51-49-47-45-43-41-28-26-24-22-20-18-16-14-12-10-8-6-4-2)70-102-86-82(100)79(97)84(74(68-91)104-86)107-88-83(101)80(98)85(75(69-92)105-88)106-87-81(99)78(96)77(95)73(67-90)103-87/h5,7,11,13,17,19,23,25,29-30,32-33,35-36,63,65,71-75,77-88,90-93,95-101H,3-4,6,8-10,12,14-16,18,20-22,24,26-28,31,34,37-62,64,66-70H2,1-2H3,(H,89,94)/b7-5-,13-11-,19-17-,25-23-,30-29-,33-32-,36-35-,65-63+. The molecule has 19 heteroatoms. The Kier molecular flexibility index (Phi) is 61.5. The number of nitrogens with one attached hydrogen (secondary N) is 1. The summed E-state index contributed by atoms with van der Waals surface area (Å²) in [6.45, 7) is 1.66. The number of amides is 1. The fourth-order valence-corrected chi connectivity index (χ4v) is 14.1. The summed E-state index contributed by atoms with van der Waals surface area (Å²) in [5, 5.41) is 121. The Morgan fingerprint density at radius 3 is 1.01 bits per heavy atom. The van der Waals surface area contributed by atoms with Crippen LogP contribution in [0.15, 0.2) is 97.2 Å². The molecule has 3 rings (SSSR count). The highest BCUT2D eigenvalue weighted by molar-refractivity contribution is 5.76. The number of hydrogen-bond donors (Lipinski definition) is 12. The SMILES string of the molecule is CC/C=C\C/C=C\C/C=C\C/C=C\C/C=C\C/C=C\C/C=C\CCCCCCCCCCCCCCCCCC(=O)NC(COC1OC(CO)C(OC2OC(CO)C(OC3OC(CO)C(O)C(O)C3O)C(O)C2O)C(O)C1O)C(O)/C=C/CCCCCCCCCCCCCCCCCCCCCCCCC. The number of carbonyl (C=O) groups is 1. The fraction of sp³-hybridized carbons (Fsp3) is 0.807. The summed E-state index contributed by atoms with van der Waals surface area (Å²) in [6, 6.07) is -0.980. The lowest BCUT2D eigenvalue weighted by molar-refractivity contribution is -0.379. The Labute approximate surface area is 647 Å². The number of ether oxygens (including phenoxy) is 6. The van der Waals surface area contributed by atoms with E-state index in [2.05, 4.69) is 104 Å². The maximum Gasteiger partial charge on any atom is 0.220 e. The molecule has 3 heterocycles. The van der Waals surface area contributed by atoms with Crippen molar-refractivity contribution in [2.75, 3.05) is 26.4 Å². The first kappa shape index (κ1) is 97.9. The van der Waals surface area contributed by atoms with Gasteiger partial charge in [0, 0.05) is 6.42 Å². The second kappa shape index (κ2) is 67.2. The highest BCUT2D eigenvalue weighted by atomic mass is 16.8. The molecule has 0 spiro atoms. The summed E-state index contributed by atoms with van der Waals surface area (Å²) in [5.41, 5.74) is 0. The van der Waals surface area contributed by atoms with Gasteiger partial charge < -0.3 is 89.9 Å². The summed E-state index contributed by atoms with van der Waals surface area (Å²) in [5.74, 6) is -0.275. The van der Waals surface area contributed by atoms with Crippen LogP contribution < -0.4 is 5.32 Å². The number of hydrogen-bond acceptors (Lipinski definition) is 18. The molecular formula is C88H155NO18. The van der Waals surface area contributed by atoms with Crippen LogP contribution >= 0.6 is 0 Å². The molecule has 17 unspecified atom stereocenters. The van der Waals surface area contributed by atoms with Crippen LogP contribution in [0.2, 0.25) is 0 Å². The zero-order valence-electron chi connectivity index (χ0n) is 66.6. The molecule has 3 aliphatic heterocycles. The molecule has 620 valence electrons. The van der Waals surface area contributed by atoms with E-state index in [0.717, 1.165) is 96.3 Å². The highest BCUT2D eigenvalue weighted by Gasteiger charge is 2.54. The van der Waals surface area contributed by atoms with E-state index >= 15 is 0 Å². The number of aliphatic hydroxyl groups is 11. The van der Waals surface area contributed by atoms with Gasteiger partial charge in [-0.05, 0) is 77.0 Å². The van der Waals surface area contributed by atoms with Crippen LogP contribution in [0.25, 0.3) is 0 Å². The van der Waals surface area contributed by atoms with Gasteiger partial charge >= 0.3 is 0 Å². The van der Waals surface area contributed by atoms with E-state index in [4.69, 9.17) is 28.4 Å². The van der Waals surface area contributed by atoms with Crippen molar-refractivity contribution in [1.82, 2.24) is 5.32 Å². The third-order valence-corrected chi connectivity index (χ3v) is 20.9. The van der Waals surface area contributed by atoms with E-state index in [0.29, 0.717) is 6.42 Å². The van der Waals surface area contributed by atoms with Gasteiger partial charge in [-0.1, -0.05) is 336 Å². The summed E-state index contributed by atoms with van der Waals surface area (Å²) < 4.78 is 34.5. The third-order valence-electron chi connectivity index (χ3n) is 20.9. The van der Waals surface area contributed by atoms with Gasteiger partial charge in [-0.3, -0.25) is 4.79 Å². The first-order valence-corrected chi connectivity index (χ1v) is 43.0. The number of aliphatic hydroxyl groups excluding tert-OH is 11. The predicted molar refractivity (Wildman–Crippen MR) is 429 cm³/mol. The molecule has 0 radical (unpaired) electrons. The van der Waals surface area contributed by atoms with Crippen LogP contribution in [0.4, 0.5) is 0 Å². The second-order valence-electron chi connectivity index (χ2n) is 30.3. The van der Waals surface area contributed by atoms with Crippen LogP contribution in [0, 0.1) is 0 Å². The smallest absolute Gasteiger partial charge is 0.220 e.